The Morgan fingerprint density at radius 1 is 1.35 bits per heavy atom. The lowest BCUT2D eigenvalue weighted by atomic mass is 10.3. The molecule has 1 aliphatic heterocycles. The fraction of sp³-hybridized carbons (Fsp3) is 0.500. The molecule has 0 radical (unpaired) electrons. The molecule has 1 saturated heterocycles. The van der Waals surface area contributed by atoms with E-state index in [0.717, 1.165) is 18.7 Å². The van der Waals surface area contributed by atoms with Crippen LogP contribution in [0.1, 0.15) is 6.42 Å². The molecule has 0 atom stereocenters. The Labute approximate surface area is 142 Å². The molecule has 0 unspecified atom stereocenters. The van der Waals surface area contributed by atoms with E-state index in [0.29, 0.717) is 24.7 Å². The van der Waals surface area contributed by atoms with Crippen LogP contribution in [0.25, 0.3) is 0 Å². The van der Waals surface area contributed by atoms with Gasteiger partial charge in [-0.25, -0.2) is 4.79 Å². The lowest BCUT2D eigenvalue weighted by Gasteiger charge is -2.18. The van der Waals surface area contributed by atoms with Crippen LogP contribution in [-0.4, -0.2) is 68.6 Å². The van der Waals surface area contributed by atoms with Crippen molar-refractivity contribution in [2.75, 3.05) is 51.7 Å². The second-order valence-corrected chi connectivity index (χ2v) is 6.28. The molecule has 1 heterocycles. The summed E-state index contributed by atoms with van der Waals surface area (Å²) < 4.78 is 0. The Morgan fingerprint density at radius 3 is 2.83 bits per heavy atom. The fourth-order valence-corrected chi connectivity index (χ4v) is 2.65. The first-order chi connectivity index (χ1) is 11.0. The summed E-state index contributed by atoms with van der Waals surface area (Å²) in [5.74, 6) is -0.120. The number of hydrogen-bond donors (Lipinski definition) is 1. The van der Waals surface area contributed by atoms with Gasteiger partial charge in [-0.15, -0.1) is 0 Å². The van der Waals surface area contributed by atoms with Gasteiger partial charge in [-0.1, -0.05) is 17.7 Å². The van der Waals surface area contributed by atoms with E-state index >= 15 is 0 Å². The molecule has 1 aromatic rings. The third-order valence-corrected chi connectivity index (χ3v) is 3.89. The highest BCUT2D eigenvalue weighted by Gasteiger charge is 2.30. The maximum atomic E-state index is 12.4. The number of carbonyl (C=O) groups excluding carboxylic acids is 2. The summed E-state index contributed by atoms with van der Waals surface area (Å²) in [5.41, 5.74) is 0.761. The molecule has 1 N–H and O–H groups in total. The second-order valence-electron chi connectivity index (χ2n) is 5.84. The van der Waals surface area contributed by atoms with Gasteiger partial charge in [-0.3, -0.25) is 9.69 Å². The Kier molecular flexibility index (Phi) is 6.24. The van der Waals surface area contributed by atoms with Gasteiger partial charge in [0.1, 0.15) is 6.54 Å². The number of rotatable bonds is 7. The smallest absolute Gasteiger partial charge is 0.325 e. The van der Waals surface area contributed by atoms with Crippen LogP contribution in [0.4, 0.5) is 10.5 Å². The molecule has 2 rings (SSSR count). The average molecular weight is 339 g/mol. The minimum Gasteiger partial charge on any atom is -0.355 e. The average Bonchev–Trinajstić information content (AvgIpc) is 2.85. The van der Waals surface area contributed by atoms with E-state index in [1.165, 1.54) is 0 Å². The summed E-state index contributed by atoms with van der Waals surface area (Å²) >= 11 is 5.97. The van der Waals surface area contributed by atoms with Crippen LogP contribution in [0.2, 0.25) is 5.02 Å². The standard InChI is InChI=1S/C16H23ClN4O2/c1-19(2)8-4-7-18-15(22)12-20-9-10-21(16(20)23)14-6-3-5-13(17)11-14/h3,5-6,11H,4,7-10,12H2,1-2H3,(H,18,22). The van der Waals surface area contributed by atoms with Gasteiger partial charge >= 0.3 is 6.03 Å². The van der Waals surface area contributed by atoms with Gasteiger partial charge in [0.15, 0.2) is 0 Å². The number of anilines is 1. The molecule has 23 heavy (non-hydrogen) atoms. The lowest BCUT2D eigenvalue weighted by Crippen LogP contribution is -2.40. The molecular formula is C16H23ClN4O2. The van der Waals surface area contributed by atoms with Crippen LogP contribution in [0.15, 0.2) is 24.3 Å². The van der Waals surface area contributed by atoms with Crippen LogP contribution in [-0.2, 0) is 4.79 Å². The van der Waals surface area contributed by atoms with Gasteiger partial charge < -0.3 is 15.1 Å². The largest absolute Gasteiger partial charge is 0.355 e. The molecule has 3 amide bonds. The number of hydrogen-bond acceptors (Lipinski definition) is 3. The van der Waals surface area contributed by atoms with Gasteiger partial charge in [0.05, 0.1) is 0 Å². The molecule has 0 saturated carbocycles. The Hall–Kier alpha value is -1.79. The lowest BCUT2D eigenvalue weighted by molar-refractivity contribution is -0.121. The molecular weight excluding hydrogens is 316 g/mol. The summed E-state index contributed by atoms with van der Waals surface area (Å²) in [6, 6.07) is 7.02. The Balaban J connectivity index is 1.81. The van der Waals surface area contributed by atoms with Gasteiger partial charge in [0.2, 0.25) is 5.91 Å². The second kappa shape index (κ2) is 8.17. The van der Waals surface area contributed by atoms with Crippen molar-refractivity contribution in [3.8, 4) is 0 Å². The molecule has 0 bridgehead atoms. The van der Waals surface area contributed by atoms with Crippen molar-refractivity contribution in [2.45, 2.75) is 6.42 Å². The summed E-state index contributed by atoms with van der Waals surface area (Å²) in [7, 11) is 3.99. The zero-order valence-electron chi connectivity index (χ0n) is 13.6. The van der Waals surface area contributed by atoms with Gasteiger partial charge in [-0.05, 0) is 45.3 Å². The van der Waals surface area contributed by atoms with Crippen molar-refractivity contribution >= 4 is 29.2 Å². The fourth-order valence-electron chi connectivity index (χ4n) is 2.47. The molecule has 0 spiro atoms. The number of carbonyl (C=O) groups is 2. The molecule has 6 nitrogen and oxygen atoms in total. The predicted molar refractivity (Wildman–Crippen MR) is 91.9 cm³/mol. The van der Waals surface area contributed by atoms with Gasteiger partial charge in [-0.2, -0.15) is 0 Å². The summed E-state index contributed by atoms with van der Waals surface area (Å²) in [6.07, 6.45) is 0.890. The van der Waals surface area contributed by atoms with Crippen molar-refractivity contribution in [3.05, 3.63) is 29.3 Å². The highest BCUT2D eigenvalue weighted by molar-refractivity contribution is 6.30. The Morgan fingerprint density at radius 2 is 2.13 bits per heavy atom. The molecule has 0 aliphatic carbocycles. The number of urea groups is 1. The predicted octanol–water partition coefficient (Wildman–Crippen LogP) is 1.65. The van der Waals surface area contributed by atoms with Crippen molar-refractivity contribution in [1.29, 1.82) is 0 Å². The maximum Gasteiger partial charge on any atom is 0.325 e. The summed E-state index contributed by atoms with van der Waals surface area (Å²) in [5, 5.41) is 3.44. The summed E-state index contributed by atoms with van der Waals surface area (Å²) in [6.45, 7) is 2.74. The highest BCUT2D eigenvalue weighted by atomic mass is 35.5. The van der Waals surface area contributed by atoms with E-state index in [2.05, 4.69) is 10.2 Å². The molecule has 0 aromatic heterocycles. The maximum absolute atomic E-state index is 12.4. The number of nitrogens with zero attached hydrogens (tertiary/aromatic N) is 3. The zero-order valence-corrected chi connectivity index (χ0v) is 14.3. The third-order valence-electron chi connectivity index (χ3n) is 3.65. The number of benzene rings is 1. The summed E-state index contributed by atoms with van der Waals surface area (Å²) in [4.78, 5) is 29.6. The number of halogens is 1. The first-order valence-corrected chi connectivity index (χ1v) is 8.08. The number of nitrogens with one attached hydrogen (secondary N) is 1. The zero-order chi connectivity index (χ0) is 16.8. The Bertz CT molecular complexity index is 565. The highest BCUT2D eigenvalue weighted by Crippen LogP contribution is 2.23. The molecule has 1 aliphatic rings. The van der Waals surface area contributed by atoms with E-state index in [1.54, 1.807) is 21.9 Å². The quantitative estimate of drug-likeness (QED) is 0.769. The number of amides is 3. The van der Waals surface area contributed by atoms with E-state index in [4.69, 9.17) is 11.6 Å². The van der Waals surface area contributed by atoms with E-state index in [9.17, 15) is 9.59 Å². The van der Waals surface area contributed by atoms with Gasteiger partial charge in [0, 0.05) is 30.3 Å². The minimum absolute atomic E-state index is 0.0951. The van der Waals surface area contributed by atoms with E-state index < -0.39 is 0 Å². The van der Waals surface area contributed by atoms with E-state index in [1.807, 2.05) is 26.2 Å². The molecule has 126 valence electrons. The van der Waals surface area contributed by atoms with Crippen molar-refractivity contribution in [1.82, 2.24) is 15.1 Å². The topological polar surface area (TPSA) is 55.9 Å². The van der Waals surface area contributed by atoms with E-state index in [-0.39, 0.29) is 18.5 Å². The van der Waals surface area contributed by atoms with Gasteiger partial charge in [0.25, 0.3) is 0 Å². The normalized spacial score (nSPS) is 14.7. The van der Waals surface area contributed by atoms with Crippen molar-refractivity contribution in [2.24, 2.45) is 0 Å². The van der Waals surface area contributed by atoms with Crippen LogP contribution in [0.5, 0.6) is 0 Å². The van der Waals surface area contributed by atoms with Crippen LogP contribution in [0, 0.1) is 0 Å². The van der Waals surface area contributed by atoms with Crippen molar-refractivity contribution in [3.63, 3.8) is 0 Å². The monoisotopic (exact) mass is 338 g/mol. The van der Waals surface area contributed by atoms with Crippen LogP contribution < -0.4 is 10.2 Å². The first kappa shape index (κ1) is 17.6. The molecule has 7 heteroatoms. The van der Waals surface area contributed by atoms with Crippen molar-refractivity contribution < 1.29 is 9.59 Å². The third kappa shape index (κ3) is 5.11. The molecule has 1 aromatic carbocycles. The molecule has 1 fully saturated rings. The van der Waals surface area contributed by atoms with Crippen LogP contribution in [0.3, 0.4) is 0 Å². The first-order valence-electron chi connectivity index (χ1n) is 7.71. The van der Waals surface area contributed by atoms with Crippen LogP contribution >= 0.6 is 11.6 Å². The minimum atomic E-state index is -0.157. The SMILES string of the molecule is CN(C)CCCNC(=O)CN1CCN(c2cccc(Cl)c2)C1=O.